The van der Waals surface area contributed by atoms with Crippen molar-refractivity contribution in [2.24, 2.45) is 0 Å². The molecule has 0 aliphatic heterocycles. The third kappa shape index (κ3) is 2.48. The largest absolute Gasteiger partial charge is 0.308 e. The lowest BCUT2D eigenvalue weighted by Crippen LogP contribution is -2.21. The minimum Gasteiger partial charge on any atom is -0.308 e. The first-order chi connectivity index (χ1) is 10.2. The van der Waals surface area contributed by atoms with Crippen LogP contribution in [0.25, 0.3) is 16.6 Å². The molecule has 0 amide bonds. The van der Waals surface area contributed by atoms with E-state index in [1.54, 1.807) is 10.9 Å². The van der Waals surface area contributed by atoms with Crippen molar-refractivity contribution in [1.82, 2.24) is 30.5 Å². The van der Waals surface area contributed by atoms with Gasteiger partial charge in [-0.15, -0.1) is 5.10 Å². The Kier molecular flexibility index (Phi) is 3.81. The van der Waals surface area contributed by atoms with Crippen LogP contribution in [0.2, 0.25) is 5.02 Å². The van der Waals surface area contributed by atoms with Crippen molar-refractivity contribution in [3.63, 3.8) is 0 Å². The van der Waals surface area contributed by atoms with Gasteiger partial charge in [0.1, 0.15) is 0 Å². The molecule has 108 valence electrons. The van der Waals surface area contributed by atoms with Gasteiger partial charge in [-0.05, 0) is 48.2 Å². The van der Waals surface area contributed by atoms with Crippen LogP contribution in [0.3, 0.4) is 0 Å². The van der Waals surface area contributed by atoms with Gasteiger partial charge in [0.15, 0.2) is 5.82 Å². The Morgan fingerprint density at radius 3 is 3.00 bits per heavy atom. The molecular weight excluding hydrogens is 288 g/mol. The van der Waals surface area contributed by atoms with Crippen molar-refractivity contribution in [2.75, 3.05) is 6.54 Å². The third-order valence-electron chi connectivity index (χ3n) is 3.31. The van der Waals surface area contributed by atoms with E-state index in [2.05, 4.69) is 25.8 Å². The second kappa shape index (κ2) is 5.75. The number of tetrazole rings is 1. The highest BCUT2D eigenvalue weighted by atomic mass is 35.5. The Bertz CT molecular complexity index is 769. The normalized spacial score (nSPS) is 12.7. The number of nitrogens with zero attached hydrogens (tertiary/aromatic N) is 5. The number of hydrogen-bond donors (Lipinski definition) is 1. The maximum atomic E-state index is 6.23. The number of aromatic nitrogens is 5. The summed E-state index contributed by atoms with van der Waals surface area (Å²) >= 11 is 6.23. The highest BCUT2D eigenvalue weighted by Gasteiger charge is 2.17. The Morgan fingerprint density at radius 1 is 1.33 bits per heavy atom. The Hall–Kier alpha value is -2.05. The summed E-state index contributed by atoms with van der Waals surface area (Å²) in [7, 11) is 0. The minimum absolute atomic E-state index is 0.0411. The average molecular weight is 303 g/mol. The fraction of sp³-hybridized carbons (Fsp3) is 0.286. The maximum Gasteiger partial charge on any atom is 0.173 e. The van der Waals surface area contributed by atoms with Crippen molar-refractivity contribution in [2.45, 2.75) is 19.9 Å². The molecule has 0 bridgehead atoms. The molecule has 2 aromatic heterocycles. The molecule has 7 heteroatoms. The lowest BCUT2D eigenvalue weighted by Gasteiger charge is -2.13. The number of halogens is 1. The molecule has 2 heterocycles. The van der Waals surface area contributed by atoms with Crippen molar-refractivity contribution in [3.8, 4) is 5.69 Å². The van der Waals surface area contributed by atoms with E-state index in [1.807, 2.05) is 38.1 Å². The van der Waals surface area contributed by atoms with E-state index in [-0.39, 0.29) is 6.04 Å². The summed E-state index contributed by atoms with van der Waals surface area (Å²) in [5.74, 6) is 0.742. The molecule has 0 aliphatic carbocycles. The molecule has 0 spiro atoms. The highest BCUT2D eigenvalue weighted by molar-refractivity contribution is 6.35. The van der Waals surface area contributed by atoms with Crippen LogP contribution in [-0.4, -0.2) is 31.7 Å². The summed E-state index contributed by atoms with van der Waals surface area (Å²) in [4.78, 5) is 4.42. The summed E-state index contributed by atoms with van der Waals surface area (Å²) in [6, 6.07) is 7.56. The van der Waals surface area contributed by atoms with Crippen LogP contribution in [0.5, 0.6) is 0 Å². The van der Waals surface area contributed by atoms with Crippen molar-refractivity contribution < 1.29 is 0 Å². The summed E-state index contributed by atoms with van der Waals surface area (Å²) in [6.07, 6.45) is 1.74. The molecule has 0 fully saturated rings. The second-order valence-electron chi connectivity index (χ2n) is 4.69. The van der Waals surface area contributed by atoms with Crippen molar-refractivity contribution >= 4 is 22.5 Å². The first kappa shape index (κ1) is 13.9. The van der Waals surface area contributed by atoms with Crippen molar-refractivity contribution in [3.05, 3.63) is 41.3 Å². The van der Waals surface area contributed by atoms with Crippen LogP contribution in [0.15, 0.2) is 30.5 Å². The molecule has 0 aliphatic rings. The molecule has 6 nitrogen and oxygen atoms in total. The zero-order valence-corrected chi connectivity index (χ0v) is 12.5. The monoisotopic (exact) mass is 302 g/mol. The number of benzene rings is 1. The molecule has 0 saturated heterocycles. The van der Waals surface area contributed by atoms with E-state index in [4.69, 9.17) is 11.6 Å². The van der Waals surface area contributed by atoms with Crippen LogP contribution in [0.1, 0.15) is 25.7 Å². The fourth-order valence-corrected chi connectivity index (χ4v) is 2.54. The predicted octanol–water partition coefficient (Wildman–Crippen LogP) is 2.53. The fourth-order valence-electron chi connectivity index (χ4n) is 2.33. The molecule has 3 rings (SSSR count). The second-order valence-corrected chi connectivity index (χ2v) is 5.10. The van der Waals surface area contributed by atoms with Crippen LogP contribution in [0, 0.1) is 0 Å². The number of nitrogens with one attached hydrogen (secondary N) is 1. The SMILES string of the molecule is CCNC(C)c1nnnn1-c1ccc(Cl)c2cccnc12. The van der Waals surface area contributed by atoms with Gasteiger partial charge in [-0.25, -0.2) is 0 Å². The van der Waals surface area contributed by atoms with E-state index in [0.717, 1.165) is 29.0 Å². The van der Waals surface area contributed by atoms with Gasteiger partial charge in [0.05, 0.1) is 22.3 Å². The first-order valence-corrected chi connectivity index (χ1v) is 7.15. The summed E-state index contributed by atoms with van der Waals surface area (Å²) in [5, 5.41) is 16.9. The lowest BCUT2D eigenvalue weighted by atomic mass is 10.2. The molecule has 1 N–H and O–H groups in total. The molecule has 1 atom stereocenters. The summed E-state index contributed by atoms with van der Waals surface area (Å²) in [5.41, 5.74) is 1.60. The average Bonchev–Trinajstić information content (AvgIpc) is 2.97. The van der Waals surface area contributed by atoms with Gasteiger partial charge in [0.2, 0.25) is 0 Å². The number of pyridine rings is 1. The van der Waals surface area contributed by atoms with Gasteiger partial charge in [-0.1, -0.05) is 18.5 Å². The minimum atomic E-state index is 0.0411. The zero-order chi connectivity index (χ0) is 14.8. The van der Waals surface area contributed by atoms with Gasteiger partial charge in [-0.3, -0.25) is 4.98 Å². The van der Waals surface area contributed by atoms with E-state index < -0.39 is 0 Å². The van der Waals surface area contributed by atoms with Crippen LogP contribution >= 0.6 is 11.6 Å². The van der Waals surface area contributed by atoms with Gasteiger partial charge in [0.25, 0.3) is 0 Å². The smallest absolute Gasteiger partial charge is 0.173 e. The summed E-state index contributed by atoms with van der Waals surface area (Å²) in [6.45, 7) is 4.91. The van der Waals surface area contributed by atoms with E-state index in [0.29, 0.717) is 5.02 Å². The van der Waals surface area contributed by atoms with Gasteiger partial charge in [-0.2, -0.15) is 4.68 Å². The first-order valence-electron chi connectivity index (χ1n) is 6.77. The Balaban J connectivity index is 2.18. The quantitative estimate of drug-likeness (QED) is 0.802. The van der Waals surface area contributed by atoms with E-state index >= 15 is 0 Å². The standard InChI is InChI=1S/C14H15ClN6/c1-3-16-9(2)14-18-19-20-21(14)12-7-6-11(15)10-5-4-8-17-13(10)12/h4-9,16H,3H2,1-2H3. The zero-order valence-electron chi connectivity index (χ0n) is 11.8. The Labute approximate surface area is 127 Å². The summed E-state index contributed by atoms with van der Waals surface area (Å²) < 4.78 is 1.71. The topological polar surface area (TPSA) is 68.5 Å². The van der Waals surface area contributed by atoms with Crippen LogP contribution in [-0.2, 0) is 0 Å². The molecular formula is C14H15ClN6. The molecule has 1 unspecified atom stereocenters. The molecule has 0 radical (unpaired) electrons. The molecule has 21 heavy (non-hydrogen) atoms. The number of hydrogen-bond acceptors (Lipinski definition) is 5. The van der Waals surface area contributed by atoms with Crippen LogP contribution in [0.4, 0.5) is 0 Å². The van der Waals surface area contributed by atoms with Gasteiger partial charge in [0, 0.05) is 11.6 Å². The van der Waals surface area contributed by atoms with Gasteiger partial charge >= 0.3 is 0 Å². The maximum absolute atomic E-state index is 6.23. The predicted molar refractivity (Wildman–Crippen MR) is 81.6 cm³/mol. The van der Waals surface area contributed by atoms with E-state index in [9.17, 15) is 0 Å². The Morgan fingerprint density at radius 2 is 2.19 bits per heavy atom. The number of fused-ring (bicyclic) bond motifs is 1. The third-order valence-corrected chi connectivity index (χ3v) is 3.64. The lowest BCUT2D eigenvalue weighted by molar-refractivity contribution is 0.551. The van der Waals surface area contributed by atoms with Crippen LogP contribution < -0.4 is 5.32 Å². The molecule has 3 aromatic rings. The van der Waals surface area contributed by atoms with E-state index in [1.165, 1.54) is 0 Å². The number of rotatable bonds is 4. The van der Waals surface area contributed by atoms with Crippen molar-refractivity contribution in [1.29, 1.82) is 0 Å². The molecule has 0 saturated carbocycles. The van der Waals surface area contributed by atoms with Gasteiger partial charge < -0.3 is 5.32 Å². The highest BCUT2D eigenvalue weighted by Crippen LogP contribution is 2.27. The molecule has 1 aromatic carbocycles.